The average Bonchev–Trinajstić information content (AvgIpc) is 2.93. The van der Waals surface area contributed by atoms with Gasteiger partial charge in [0.05, 0.1) is 5.69 Å². The maximum atomic E-state index is 13.0. The zero-order valence-corrected chi connectivity index (χ0v) is 21.5. The van der Waals surface area contributed by atoms with Gasteiger partial charge >= 0.3 is 0 Å². The Balaban J connectivity index is 1.24. The van der Waals surface area contributed by atoms with Crippen LogP contribution in [0.2, 0.25) is 0 Å². The molecule has 1 fully saturated rings. The molecule has 3 aromatic carbocycles. The molecule has 0 unspecified atom stereocenters. The zero-order valence-electron chi connectivity index (χ0n) is 21.5. The van der Waals surface area contributed by atoms with Crippen LogP contribution < -0.4 is 5.32 Å². The molecule has 0 atom stereocenters. The highest BCUT2D eigenvalue weighted by atomic mass is 16.1. The van der Waals surface area contributed by atoms with E-state index in [0.29, 0.717) is 12.0 Å². The molecule has 37 heavy (non-hydrogen) atoms. The second kappa shape index (κ2) is 11.5. The fourth-order valence-corrected chi connectivity index (χ4v) is 4.59. The zero-order chi connectivity index (χ0) is 25.6. The molecule has 4 aromatic rings. The summed E-state index contributed by atoms with van der Waals surface area (Å²) in [7, 11) is 2.17. The molecule has 0 spiro atoms. The van der Waals surface area contributed by atoms with E-state index < -0.39 is 0 Å². The van der Waals surface area contributed by atoms with E-state index in [1.165, 1.54) is 5.56 Å². The Morgan fingerprint density at radius 3 is 2.43 bits per heavy atom. The lowest BCUT2D eigenvalue weighted by atomic mass is 10.0. The highest BCUT2D eigenvalue weighted by molar-refractivity contribution is 6.04. The Morgan fingerprint density at radius 1 is 0.919 bits per heavy atom. The van der Waals surface area contributed by atoms with Gasteiger partial charge in [-0.25, -0.2) is 9.97 Å². The van der Waals surface area contributed by atoms with E-state index in [2.05, 4.69) is 46.2 Å². The van der Waals surface area contributed by atoms with Crippen LogP contribution in [-0.2, 0) is 13.0 Å². The molecule has 2 heterocycles. The van der Waals surface area contributed by atoms with Gasteiger partial charge in [-0.1, -0.05) is 48.5 Å². The van der Waals surface area contributed by atoms with E-state index in [1.807, 2.05) is 66.7 Å². The summed E-state index contributed by atoms with van der Waals surface area (Å²) in [6.07, 6.45) is 2.36. The average molecular weight is 492 g/mol. The Bertz CT molecular complexity index is 1350. The number of hydrogen-bond acceptors (Lipinski definition) is 5. The molecule has 6 heteroatoms. The molecular weight excluding hydrogens is 458 g/mol. The fourth-order valence-electron chi connectivity index (χ4n) is 4.59. The summed E-state index contributed by atoms with van der Waals surface area (Å²) in [5, 5.41) is 3.05. The van der Waals surface area contributed by atoms with Gasteiger partial charge in [-0.2, -0.15) is 0 Å². The largest absolute Gasteiger partial charge is 0.322 e. The van der Waals surface area contributed by atoms with Crippen molar-refractivity contribution in [1.29, 1.82) is 0 Å². The normalized spacial score (nSPS) is 14.4. The van der Waals surface area contributed by atoms with Crippen molar-refractivity contribution >= 4 is 11.6 Å². The fraction of sp³-hybridized carbons (Fsp3) is 0.258. The van der Waals surface area contributed by atoms with Crippen molar-refractivity contribution in [1.82, 2.24) is 19.8 Å². The number of aryl methyl sites for hydroxylation is 1. The number of piperazine rings is 1. The summed E-state index contributed by atoms with van der Waals surface area (Å²) in [5.41, 5.74) is 6.80. The summed E-state index contributed by atoms with van der Waals surface area (Å²) in [5.74, 6) is 0.616. The van der Waals surface area contributed by atoms with E-state index in [-0.39, 0.29) is 5.91 Å². The Hall–Kier alpha value is -3.87. The minimum absolute atomic E-state index is 0.118. The van der Waals surface area contributed by atoms with Crippen LogP contribution >= 0.6 is 0 Å². The summed E-state index contributed by atoms with van der Waals surface area (Å²) in [6.45, 7) is 7.39. The van der Waals surface area contributed by atoms with Crippen LogP contribution in [0.4, 0.5) is 5.69 Å². The van der Waals surface area contributed by atoms with E-state index in [9.17, 15) is 4.79 Å². The summed E-state index contributed by atoms with van der Waals surface area (Å²) >= 11 is 0. The number of amides is 1. The molecule has 6 nitrogen and oxygen atoms in total. The molecule has 1 amide bonds. The lowest BCUT2D eigenvalue weighted by Crippen LogP contribution is -2.43. The number of carbonyl (C=O) groups is 1. The van der Waals surface area contributed by atoms with E-state index >= 15 is 0 Å². The van der Waals surface area contributed by atoms with Gasteiger partial charge in [0, 0.05) is 62.2 Å². The minimum Gasteiger partial charge on any atom is -0.322 e. The second-order valence-electron chi connectivity index (χ2n) is 9.77. The third kappa shape index (κ3) is 6.47. The van der Waals surface area contributed by atoms with Gasteiger partial charge < -0.3 is 10.2 Å². The summed E-state index contributed by atoms with van der Waals surface area (Å²) in [6, 6.07) is 26.0. The van der Waals surface area contributed by atoms with Crippen molar-refractivity contribution in [2.45, 2.75) is 19.9 Å². The van der Waals surface area contributed by atoms with Gasteiger partial charge in [0.15, 0.2) is 0 Å². The molecule has 0 aliphatic carbocycles. The van der Waals surface area contributed by atoms with Crippen LogP contribution in [0, 0.1) is 6.92 Å². The van der Waals surface area contributed by atoms with Crippen LogP contribution in [0.3, 0.4) is 0 Å². The smallest absolute Gasteiger partial charge is 0.255 e. The Kier molecular flexibility index (Phi) is 7.68. The monoisotopic (exact) mass is 491 g/mol. The van der Waals surface area contributed by atoms with Crippen molar-refractivity contribution in [2.24, 2.45) is 0 Å². The van der Waals surface area contributed by atoms with Crippen LogP contribution in [0.5, 0.6) is 0 Å². The first-order chi connectivity index (χ1) is 18.0. The number of carbonyl (C=O) groups excluding carboxylic acids is 1. The number of nitrogens with one attached hydrogen (secondary N) is 1. The lowest BCUT2D eigenvalue weighted by molar-refractivity contribution is 0.102. The van der Waals surface area contributed by atoms with Crippen LogP contribution in [0.1, 0.15) is 32.9 Å². The SMILES string of the molecule is Cc1ccc(C(=O)Nc2ccc(CN3CCN(C)CC3)cc2)cc1Cc1nccc(-c2ccccc2)n1. The first kappa shape index (κ1) is 24.8. The highest BCUT2D eigenvalue weighted by Crippen LogP contribution is 2.20. The molecule has 188 valence electrons. The number of rotatable bonds is 7. The molecule has 1 saturated heterocycles. The molecule has 5 rings (SSSR count). The highest BCUT2D eigenvalue weighted by Gasteiger charge is 2.14. The van der Waals surface area contributed by atoms with Crippen molar-refractivity contribution in [3.63, 3.8) is 0 Å². The Morgan fingerprint density at radius 2 is 1.68 bits per heavy atom. The maximum Gasteiger partial charge on any atom is 0.255 e. The summed E-state index contributed by atoms with van der Waals surface area (Å²) in [4.78, 5) is 27.1. The third-order valence-corrected chi connectivity index (χ3v) is 6.95. The topological polar surface area (TPSA) is 61.4 Å². The van der Waals surface area contributed by atoms with Gasteiger partial charge in [-0.15, -0.1) is 0 Å². The molecule has 0 bridgehead atoms. The van der Waals surface area contributed by atoms with Crippen LogP contribution in [0.25, 0.3) is 11.3 Å². The first-order valence-corrected chi connectivity index (χ1v) is 12.8. The number of hydrogen-bond donors (Lipinski definition) is 1. The quantitative estimate of drug-likeness (QED) is 0.392. The van der Waals surface area contributed by atoms with Crippen molar-refractivity contribution in [2.75, 3.05) is 38.5 Å². The van der Waals surface area contributed by atoms with Crippen molar-refractivity contribution in [3.05, 3.63) is 113 Å². The molecular formula is C31H33N5O. The van der Waals surface area contributed by atoms with Gasteiger partial charge in [0.25, 0.3) is 5.91 Å². The molecule has 0 radical (unpaired) electrons. The van der Waals surface area contributed by atoms with Gasteiger partial charge in [0.1, 0.15) is 5.82 Å². The molecule has 1 aliphatic heterocycles. The van der Waals surface area contributed by atoms with Gasteiger partial charge in [-0.3, -0.25) is 9.69 Å². The third-order valence-electron chi connectivity index (χ3n) is 6.95. The first-order valence-electron chi connectivity index (χ1n) is 12.8. The maximum absolute atomic E-state index is 13.0. The number of anilines is 1. The predicted octanol–water partition coefficient (Wildman–Crippen LogP) is 5.04. The van der Waals surface area contributed by atoms with Gasteiger partial charge in [0.2, 0.25) is 0 Å². The minimum atomic E-state index is -0.118. The molecule has 0 saturated carbocycles. The standard InChI is InChI=1S/C31H33N5O/c1-23-8-11-26(20-27(23)21-30-32-15-14-29(34-30)25-6-4-3-5-7-25)31(37)33-28-12-9-24(10-13-28)22-36-18-16-35(2)17-19-36/h3-15,20H,16-19,21-22H2,1-2H3,(H,33,37). The molecule has 1 aliphatic rings. The van der Waals surface area contributed by atoms with E-state index in [1.54, 1.807) is 6.20 Å². The number of nitrogens with zero attached hydrogens (tertiary/aromatic N) is 4. The molecule has 1 N–H and O–H groups in total. The van der Waals surface area contributed by atoms with E-state index in [4.69, 9.17) is 4.98 Å². The second-order valence-corrected chi connectivity index (χ2v) is 9.77. The van der Waals surface area contributed by atoms with E-state index in [0.717, 1.165) is 66.6 Å². The van der Waals surface area contributed by atoms with Crippen LogP contribution in [0.15, 0.2) is 85.1 Å². The number of likely N-dealkylation sites (N-methyl/N-ethyl adjacent to an activating group) is 1. The lowest BCUT2D eigenvalue weighted by Gasteiger charge is -2.32. The van der Waals surface area contributed by atoms with Crippen LogP contribution in [-0.4, -0.2) is 58.9 Å². The van der Waals surface area contributed by atoms with Crippen molar-refractivity contribution in [3.8, 4) is 11.3 Å². The predicted molar refractivity (Wildman–Crippen MR) is 149 cm³/mol. The van der Waals surface area contributed by atoms with Gasteiger partial charge in [-0.05, 0) is 61.0 Å². The number of aromatic nitrogens is 2. The van der Waals surface area contributed by atoms with Crippen molar-refractivity contribution < 1.29 is 4.79 Å². The molecule has 1 aromatic heterocycles. The summed E-state index contributed by atoms with van der Waals surface area (Å²) < 4.78 is 0. The number of benzene rings is 3. The Labute approximate surface area is 219 Å².